The van der Waals surface area contributed by atoms with Gasteiger partial charge in [0.1, 0.15) is 6.10 Å². The van der Waals surface area contributed by atoms with Crippen molar-refractivity contribution in [3.8, 4) is 0 Å². The highest BCUT2D eigenvalue weighted by Gasteiger charge is 2.57. The first-order chi connectivity index (χ1) is 8.61. The van der Waals surface area contributed by atoms with Crippen LogP contribution in [0, 0.1) is 16.0 Å². The van der Waals surface area contributed by atoms with Gasteiger partial charge in [0.15, 0.2) is 8.32 Å². The molecule has 0 aliphatic carbocycles. The van der Waals surface area contributed by atoms with Crippen LogP contribution in [0.2, 0.25) is 18.1 Å². The zero-order valence-corrected chi connectivity index (χ0v) is 14.0. The maximum atomic E-state index is 12.9. The normalized spacial score (nSPS) is 17.1. The second-order valence-corrected chi connectivity index (χ2v) is 11.6. The van der Waals surface area contributed by atoms with Crippen LogP contribution in [-0.4, -0.2) is 31.6 Å². The second-order valence-electron chi connectivity index (χ2n) is 6.86. The third-order valence-electron chi connectivity index (χ3n) is 3.77. The van der Waals surface area contributed by atoms with Crippen molar-refractivity contribution in [2.24, 2.45) is 5.92 Å². The van der Waals surface area contributed by atoms with Gasteiger partial charge < -0.3 is 4.43 Å². The summed E-state index contributed by atoms with van der Waals surface area (Å²) in [5, 5.41) is 10.5. The third-order valence-corrected chi connectivity index (χ3v) is 8.24. The Morgan fingerprint density at radius 1 is 1.15 bits per heavy atom. The van der Waals surface area contributed by atoms with Gasteiger partial charge in [-0.2, -0.15) is 13.2 Å². The van der Waals surface area contributed by atoms with Crippen molar-refractivity contribution >= 4 is 8.32 Å². The largest absolute Gasteiger partial charge is 0.460 e. The Labute approximate surface area is 119 Å². The highest BCUT2D eigenvalue weighted by molar-refractivity contribution is 6.74. The van der Waals surface area contributed by atoms with E-state index in [-0.39, 0.29) is 5.04 Å². The third kappa shape index (κ3) is 4.73. The van der Waals surface area contributed by atoms with Gasteiger partial charge in [0.05, 0.1) is 0 Å². The average molecular weight is 315 g/mol. The minimum absolute atomic E-state index is 0.313. The maximum Gasteiger partial charge on any atom is 0.460 e. The summed E-state index contributed by atoms with van der Waals surface area (Å²) in [5.74, 6) is -0.596. The molecule has 20 heavy (non-hydrogen) atoms. The first-order valence-electron chi connectivity index (χ1n) is 6.49. The van der Waals surface area contributed by atoms with Crippen LogP contribution < -0.4 is 0 Å². The lowest BCUT2D eigenvalue weighted by atomic mass is 10.00. The van der Waals surface area contributed by atoms with Crippen LogP contribution in [0.25, 0.3) is 0 Å². The molecule has 0 aromatic rings. The first-order valence-corrected chi connectivity index (χ1v) is 9.40. The summed E-state index contributed by atoms with van der Waals surface area (Å²) in [7, 11) is -2.52. The standard InChI is InChI=1S/C12H24F3NO3Si/c1-8(2)9(10(16(17)18)12(13,14)15)19-20(6,7)11(3,4)5/h8-10H,1-7H3/t9-,10-/m0/s1. The van der Waals surface area contributed by atoms with Gasteiger partial charge in [-0.1, -0.05) is 34.6 Å². The van der Waals surface area contributed by atoms with Crippen molar-refractivity contribution in [1.82, 2.24) is 0 Å². The molecule has 0 saturated heterocycles. The Kier molecular flexibility index (Phi) is 5.82. The number of nitrogens with zero attached hydrogens (tertiary/aromatic N) is 1. The van der Waals surface area contributed by atoms with Crippen LogP contribution in [0.1, 0.15) is 34.6 Å². The molecular weight excluding hydrogens is 291 g/mol. The Balaban J connectivity index is 5.51. The molecule has 0 aliphatic heterocycles. The molecule has 8 heteroatoms. The molecular formula is C12H24F3NO3Si. The fourth-order valence-electron chi connectivity index (χ4n) is 1.51. The van der Waals surface area contributed by atoms with Gasteiger partial charge in [0, 0.05) is 4.92 Å². The van der Waals surface area contributed by atoms with Gasteiger partial charge in [-0.15, -0.1) is 0 Å². The van der Waals surface area contributed by atoms with Crippen LogP contribution in [-0.2, 0) is 4.43 Å². The van der Waals surface area contributed by atoms with Crippen LogP contribution in [0.5, 0.6) is 0 Å². The van der Waals surface area contributed by atoms with E-state index in [0.29, 0.717) is 0 Å². The number of hydrogen-bond acceptors (Lipinski definition) is 3. The lowest BCUT2D eigenvalue weighted by Crippen LogP contribution is -2.55. The molecule has 120 valence electrons. The van der Waals surface area contributed by atoms with Crippen LogP contribution in [0.3, 0.4) is 0 Å². The van der Waals surface area contributed by atoms with E-state index in [1.165, 1.54) is 13.8 Å². The Hall–Kier alpha value is -0.633. The van der Waals surface area contributed by atoms with Gasteiger partial charge in [0.25, 0.3) is 0 Å². The second kappa shape index (κ2) is 6.01. The van der Waals surface area contributed by atoms with Crippen molar-refractivity contribution in [2.75, 3.05) is 0 Å². The summed E-state index contributed by atoms with van der Waals surface area (Å²) in [6.07, 6.45) is -6.38. The molecule has 0 unspecified atom stereocenters. The highest BCUT2D eigenvalue weighted by atomic mass is 28.4. The number of hydrogen-bond donors (Lipinski definition) is 0. The van der Waals surface area contributed by atoms with Gasteiger partial charge in [0.2, 0.25) is 0 Å². The van der Waals surface area contributed by atoms with E-state index in [4.69, 9.17) is 4.43 Å². The van der Waals surface area contributed by atoms with E-state index >= 15 is 0 Å². The summed E-state index contributed by atoms with van der Waals surface area (Å²) in [6, 6.07) is -2.68. The Morgan fingerprint density at radius 2 is 1.55 bits per heavy atom. The van der Waals surface area contributed by atoms with Gasteiger partial charge in [-0.25, -0.2) is 0 Å². The lowest BCUT2D eigenvalue weighted by Gasteiger charge is -2.40. The summed E-state index contributed by atoms with van der Waals surface area (Å²) < 4.78 is 44.5. The van der Waals surface area contributed by atoms with E-state index in [2.05, 4.69) is 0 Å². The molecule has 0 aliphatic rings. The fourth-order valence-corrected chi connectivity index (χ4v) is 2.94. The molecule has 0 amide bonds. The lowest BCUT2D eigenvalue weighted by molar-refractivity contribution is -0.575. The number of rotatable bonds is 5. The molecule has 0 radical (unpaired) electrons. The van der Waals surface area contributed by atoms with E-state index in [1.807, 2.05) is 20.8 Å². The average Bonchev–Trinajstić information content (AvgIpc) is 2.10. The minimum atomic E-state index is -4.92. The molecule has 0 fully saturated rings. The van der Waals surface area contributed by atoms with Crippen molar-refractivity contribution in [3.05, 3.63) is 10.1 Å². The monoisotopic (exact) mass is 315 g/mol. The van der Waals surface area contributed by atoms with Crippen molar-refractivity contribution in [2.45, 2.75) is 71.1 Å². The van der Waals surface area contributed by atoms with E-state index in [0.717, 1.165) is 0 Å². The predicted molar refractivity (Wildman–Crippen MR) is 73.7 cm³/mol. The summed E-state index contributed by atoms with van der Waals surface area (Å²) in [4.78, 5) is 9.57. The zero-order valence-electron chi connectivity index (χ0n) is 13.0. The highest BCUT2D eigenvalue weighted by Crippen LogP contribution is 2.40. The summed E-state index contributed by atoms with van der Waals surface area (Å²) in [6.45, 7) is 12.2. The number of nitro groups is 1. The van der Waals surface area contributed by atoms with Crippen LogP contribution in [0.15, 0.2) is 0 Å². The molecule has 0 bridgehead atoms. The molecule has 0 saturated carbocycles. The van der Waals surface area contributed by atoms with Crippen molar-refractivity contribution in [3.63, 3.8) is 0 Å². The van der Waals surface area contributed by atoms with Crippen LogP contribution in [0.4, 0.5) is 13.2 Å². The predicted octanol–water partition coefficient (Wildman–Crippen LogP) is 4.24. The first kappa shape index (κ1) is 19.4. The molecule has 0 aromatic heterocycles. The smallest absolute Gasteiger partial charge is 0.406 e. The fraction of sp³-hybridized carbons (Fsp3) is 1.00. The molecule has 0 rings (SSSR count). The Morgan fingerprint density at radius 3 is 1.75 bits per heavy atom. The maximum absolute atomic E-state index is 12.9. The molecule has 0 N–H and O–H groups in total. The molecule has 0 heterocycles. The van der Waals surface area contributed by atoms with Crippen LogP contribution >= 0.6 is 0 Å². The molecule has 0 spiro atoms. The minimum Gasteiger partial charge on any atom is -0.406 e. The van der Waals surface area contributed by atoms with Gasteiger partial charge >= 0.3 is 12.2 Å². The zero-order chi connectivity index (χ0) is 16.5. The van der Waals surface area contributed by atoms with Gasteiger partial charge in [-0.05, 0) is 24.1 Å². The Bertz CT molecular complexity index is 351. The number of halogens is 3. The molecule has 2 atom stereocenters. The topological polar surface area (TPSA) is 52.4 Å². The summed E-state index contributed by atoms with van der Waals surface area (Å²) in [5.41, 5.74) is 0. The molecule has 0 aromatic carbocycles. The number of alkyl halides is 3. The van der Waals surface area contributed by atoms with Gasteiger partial charge in [-0.3, -0.25) is 10.1 Å². The SMILES string of the molecule is CC(C)[C@H](O[Si](C)(C)C(C)(C)C)[C@H]([N+](=O)[O-])C(F)(F)F. The van der Waals surface area contributed by atoms with E-state index in [9.17, 15) is 23.3 Å². The van der Waals surface area contributed by atoms with E-state index in [1.54, 1.807) is 13.1 Å². The quantitative estimate of drug-likeness (QED) is 0.433. The van der Waals surface area contributed by atoms with Crippen molar-refractivity contribution < 1.29 is 22.5 Å². The van der Waals surface area contributed by atoms with Crippen molar-refractivity contribution in [1.29, 1.82) is 0 Å². The van der Waals surface area contributed by atoms with E-state index < -0.39 is 37.5 Å². The summed E-state index contributed by atoms with van der Waals surface area (Å²) >= 11 is 0. The molecule has 4 nitrogen and oxygen atoms in total.